The van der Waals surface area contributed by atoms with Crippen LogP contribution in [0.2, 0.25) is 0 Å². The summed E-state index contributed by atoms with van der Waals surface area (Å²) < 4.78 is 44.3. The van der Waals surface area contributed by atoms with Crippen molar-refractivity contribution in [3.05, 3.63) is 48.2 Å². The molecule has 9 nitrogen and oxygen atoms in total. The molecule has 0 saturated heterocycles. The van der Waals surface area contributed by atoms with Crippen LogP contribution >= 0.6 is 0 Å². The smallest absolute Gasteiger partial charge is 0.162 e. The zero-order valence-corrected chi connectivity index (χ0v) is 17.0. The highest BCUT2D eigenvalue weighted by Crippen LogP contribution is 2.31. The number of aliphatic imine (C=N–C) groups is 1. The van der Waals surface area contributed by atoms with Crippen LogP contribution in [-0.4, -0.2) is 47.3 Å². The molecule has 0 spiro atoms. The Morgan fingerprint density at radius 3 is 2.77 bits per heavy atom. The van der Waals surface area contributed by atoms with Gasteiger partial charge in [0.25, 0.3) is 0 Å². The topological polar surface area (TPSA) is 132 Å². The molecule has 3 aromatic heterocycles. The number of hydrogen-bond donors (Lipinski definition) is 2. The summed E-state index contributed by atoms with van der Waals surface area (Å²) in [6, 6.07) is 3.93. The monoisotopic (exact) mass is 430 g/mol. The highest BCUT2D eigenvalue weighted by Gasteiger charge is 2.35. The van der Waals surface area contributed by atoms with E-state index in [1.54, 1.807) is 24.5 Å². The number of methoxy groups -OCH3 is 1. The molecular formula is C19H19FN6O3S. The highest BCUT2D eigenvalue weighted by molar-refractivity contribution is 7.92. The lowest BCUT2D eigenvalue weighted by molar-refractivity contribution is 0.413. The molecule has 2 atom stereocenters. The summed E-state index contributed by atoms with van der Waals surface area (Å²) in [5.41, 5.74) is 7.64. The van der Waals surface area contributed by atoms with Crippen molar-refractivity contribution in [1.29, 1.82) is 0 Å². The quantitative estimate of drug-likeness (QED) is 0.643. The Bertz CT molecular complexity index is 1260. The molecule has 30 heavy (non-hydrogen) atoms. The zero-order valence-electron chi connectivity index (χ0n) is 16.2. The Labute approximate surface area is 172 Å². The Morgan fingerprint density at radius 2 is 2.03 bits per heavy atom. The van der Waals surface area contributed by atoms with Gasteiger partial charge in [-0.15, -0.1) is 0 Å². The Hall–Kier alpha value is -3.34. The summed E-state index contributed by atoms with van der Waals surface area (Å²) in [4.78, 5) is 16.9. The van der Waals surface area contributed by atoms with Crippen molar-refractivity contribution in [3.63, 3.8) is 0 Å². The normalized spacial score (nSPS) is 20.6. The molecule has 0 aliphatic carbocycles. The number of halogens is 1. The van der Waals surface area contributed by atoms with E-state index in [4.69, 9.17) is 10.5 Å². The summed E-state index contributed by atoms with van der Waals surface area (Å²) >= 11 is 0. The number of aromatic nitrogens is 3. The largest absolute Gasteiger partial charge is 0.495 e. The summed E-state index contributed by atoms with van der Waals surface area (Å²) in [6.45, 7) is 1.47. The fourth-order valence-corrected chi connectivity index (χ4v) is 4.58. The lowest BCUT2D eigenvalue weighted by Crippen LogP contribution is -2.40. The van der Waals surface area contributed by atoms with E-state index < -0.39 is 26.9 Å². The van der Waals surface area contributed by atoms with E-state index in [0.29, 0.717) is 28.3 Å². The van der Waals surface area contributed by atoms with Crippen LogP contribution < -0.4 is 15.8 Å². The maximum atomic E-state index is 14.5. The number of anilines is 2. The van der Waals surface area contributed by atoms with Gasteiger partial charge in [-0.1, -0.05) is 0 Å². The Balaban J connectivity index is 1.71. The van der Waals surface area contributed by atoms with Crippen LogP contribution in [0.25, 0.3) is 11.0 Å². The minimum Gasteiger partial charge on any atom is -0.495 e. The molecule has 1 aliphatic rings. The first-order valence-corrected chi connectivity index (χ1v) is 10.8. The van der Waals surface area contributed by atoms with Crippen molar-refractivity contribution in [3.8, 4) is 5.75 Å². The number of sulfone groups is 1. The summed E-state index contributed by atoms with van der Waals surface area (Å²) in [5.74, 6) is -0.141. The third-order valence-corrected chi connectivity index (χ3v) is 7.04. The molecule has 1 aliphatic heterocycles. The maximum absolute atomic E-state index is 14.5. The van der Waals surface area contributed by atoms with Crippen LogP contribution in [0, 0.1) is 5.82 Å². The number of nitrogens with two attached hydrogens (primary N) is 1. The minimum atomic E-state index is -3.53. The summed E-state index contributed by atoms with van der Waals surface area (Å²) in [6.07, 6.45) is 4.18. The van der Waals surface area contributed by atoms with Crippen molar-refractivity contribution in [2.75, 3.05) is 18.2 Å². The molecule has 0 fully saturated rings. The number of hydrogen-bond acceptors (Lipinski definition) is 9. The first-order valence-electron chi connectivity index (χ1n) is 9.04. The van der Waals surface area contributed by atoms with E-state index in [1.165, 1.54) is 20.1 Å². The number of nitrogens with one attached hydrogen (secondary N) is 1. The predicted molar refractivity (Wildman–Crippen MR) is 111 cm³/mol. The lowest BCUT2D eigenvalue weighted by Gasteiger charge is -2.24. The molecule has 1 unspecified atom stereocenters. The molecule has 3 aromatic rings. The lowest BCUT2D eigenvalue weighted by atomic mass is 10.1. The molecule has 0 saturated carbocycles. The Kier molecular flexibility index (Phi) is 4.98. The minimum absolute atomic E-state index is 0.0322. The maximum Gasteiger partial charge on any atom is 0.162 e. The van der Waals surface area contributed by atoms with Crippen molar-refractivity contribution in [2.45, 2.75) is 18.2 Å². The van der Waals surface area contributed by atoms with E-state index in [9.17, 15) is 12.8 Å². The molecule has 0 aromatic carbocycles. The van der Waals surface area contributed by atoms with Crippen molar-refractivity contribution < 1.29 is 17.5 Å². The van der Waals surface area contributed by atoms with E-state index in [1.807, 2.05) is 0 Å². The Morgan fingerprint density at radius 1 is 1.23 bits per heavy atom. The van der Waals surface area contributed by atoms with Gasteiger partial charge in [0, 0.05) is 17.8 Å². The van der Waals surface area contributed by atoms with E-state index in [0.717, 1.165) is 6.20 Å². The SMILES string of the molecule is COc1cnc2c(Nc3cc([C@@H]4CS(=O)(=O)C(C)C(N)=N4)c(F)cn3)ccnc2c1. The van der Waals surface area contributed by atoms with Crippen molar-refractivity contribution >= 4 is 38.2 Å². The van der Waals surface area contributed by atoms with Gasteiger partial charge in [-0.2, -0.15) is 0 Å². The number of ether oxygens (including phenoxy) is 1. The van der Waals surface area contributed by atoms with Gasteiger partial charge in [0.05, 0.1) is 42.5 Å². The zero-order chi connectivity index (χ0) is 21.5. The van der Waals surface area contributed by atoms with Gasteiger partial charge >= 0.3 is 0 Å². The second kappa shape index (κ2) is 7.48. The molecule has 11 heteroatoms. The van der Waals surface area contributed by atoms with Gasteiger partial charge < -0.3 is 15.8 Å². The van der Waals surface area contributed by atoms with Crippen LogP contribution in [0.5, 0.6) is 5.75 Å². The molecule has 4 heterocycles. The fraction of sp³-hybridized carbons (Fsp3) is 0.263. The average Bonchev–Trinajstić information content (AvgIpc) is 2.72. The molecule has 0 radical (unpaired) electrons. The van der Waals surface area contributed by atoms with Gasteiger partial charge in [-0.3, -0.25) is 9.98 Å². The molecular weight excluding hydrogens is 411 g/mol. The van der Waals surface area contributed by atoms with Crippen molar-refractivity contribution in [2.24, 2.45) is 10.7 Å². The molecule has 3 N–H and O–H groups in total. The first-order chi connectivity index (χ1) is 14.3. The number of fused-ring (bicyclic) bond motifs is 1. The number of pyridine rings is 3. The van der Waals surface area contributed by atoms with Crippen LogP contribution in [0.15, 0.2) is 41.8 Å². The molecule has 4 rings (SSSR count). The highest BCUT2D eigenvalue weighted by atomic mass is 32.2. The van der Waals surface area contributed by atoms with E-state index in [-0.39, 0.29) is 17.2 Å². The third-order valence-electron chi connectivity index (χ3n) is 4.95. The van der Waals surface area contributed by atoms with Crippen LogP contribution in [-0.2, 0) is 9.84 Å². The van der Waals surface area contributed by atoms with Crippen LogP contribution in [0.3, 0.4) is 0 Å². The van der Waals surface area contributed by atoms with Gasteiger partial charge in [0.2, 0.25) is 0 Å². The first kappa shape index (κ1) is 20.0. The summed E-state index contributed by atoms with van der Waals surface area (Å²) in [7, 11) is -1.99. The predicted octanol–water partition coefficient (Wildman–Crippen LogP) is 2.13. The molecule has 0 bridgehead atoms. The van der Waals surface area contributed by atoms with Gasteiger partial charge in [-0.05, 0) is 19.1 Å². The van der Waals surface area contributed by atoms with Crippen LogP contribution in [0.4, 0.5) is 15.9 Å². The van der Waals surface area contributed by atoms with Gasteiger partial charge in [-0.25, -0.2) is 22.8 Å². The number of rotatable bonds is 4. The number of amidine groups is 1. The fourth-order valence-electron chi connectivity index (χ4n) is 3.17. The van der Waals surface area contributed by atoms with E-state index in [2.05, 4.69) is 25.3 Å². The van der Waals surface area contributed by atoms with Gasteiger partial charge in [0.15, 0.2) is 9.84 Å². The second-order valence-corrected chi connectivity index (χ2v) is 9.23. The van der Waals surface area contributed by atoms with Crippen LogP contribution in [0.1, 0.15) is 18.5 Å². The molecule has 0 amide bonds. The molecule has 156 valence electrons. The summed E-state index contributed by atoms with van der Waals surface area (Å²) in [5, 5.41) is 2.19. The standard InChI is InChI=1S/C19H19FN6O3S/c1-10-19(21)26-16(9-30(10,27)28)12-6-17(23-8-13(12)20)25-14-3-4-22-15-5-11(29-2)7-24-18(14)15/h3-8,10,16H,9H2,1-2H3,(H2,21,26)(H,22,23,25)/t10?,16-/m0/s1. The van der Waals surface area contributed by atoms with E-state index >= 15 is 0 Å². The van der Waals surface area contributed by atoms with Crippen molar-refractivity contribution in [1.82, 2.24) is 15.0 Å². The average molecular weight is 430 g/mol. The second-order valence-electron chi connectivity index (χ2n) is 6.86. The van der Waals surface area contributed by atoms with Gasteiger partial charge in [0.1, 0.15) is 34.0 Å². The third kappa shape index (κ3) is 3.63. The number of nitrogens with zero attached hydrogens (tertiary/aromatic N) is 4.